The summed E-state index contributed by atoms with van der Waals surface area (Å²) in [5.74, 6) is 0.323. The number of nitrogens with one attached hydrogen (secondary N) is 1. The minimum absolute atomic E-state index is 0.0480. The van der Waals surface area contributed by atoms with Crippen LogP contribution in [0.15, 0.2) is 36.9 Å². The first-order chi connectivity index (χ1) is 13.2. The minimum atomic E-state index is -0.340. The van der Waals surface area contributed by atoms with Crippen LogP contribution in [0.5, 0.6) is 0 Å². The van der Waals surface area contributed by atoms with Gasteiger partial charge in [0.1, 0.15) is 11.9 Å². The van der Waals surface area contributed by atoms with E-state index >= 15 is 0 Å². The third-order valence-electron chi connectivity index (χ3n) is 5.52. The molecule has 2 aliphatic rings. The van der Waals surface area contributed by atoms with E-state index in [1.807, 2.05) is 6.07 Å². The molecule has 2 aromatic rings. The average molecular weight is 372 g/mol. The predicted octanol–water partition coefficient (Wildman–Crippen LogP) is 2.13. The molecule has 1 N–H and O–H groups in total. The fraction of sp³-hybridized carbons (Fsp3) is 0.500. The Balaban J connectivity index is 1.35. The highest BCUT2D eigenvalue weighted by Gasteiger charge is 2.32. The highest BCUT2D eigenvalue weighted by Crippen LogP contribution is 2.28. The fourth-order valence-electron chi connectivity index (χ4n) is 3.68. The maximum Gasteiger partial charge on any atom is 0.240 e. The standard InChI is InChI=1S/C20H25FN4O2/c21-17-10-16(4-5-18(17)25-7-6-22-14-25)11-23-20(26)19-13-27-9-8-24(19)12-15-2-1-3-15/h4-7,10,14-15,19H,1-3,8-9,11-13H2,(H,23,26). The average Bonchev–Trinajstić information content (AvgIpc) is 3.17. The van der Waals surface area contributed by atoms with E-state index in [0.717, 1.165) is 18.7 Å². The number of carbonyl (C=O) groups is 1. The monoisotopic (exact) mass is 372 g/mol. The maximum absolute atomic E-state index is 14.4. The molecule has 6 nitrogen and oxygen atoms in total. The lowest BCUT2D eigenvalue weighted by molar-refractivity contribution is -0.133. The molecule has 27 heavy (non-hydrogen) atoms. The predicted molar refractivity (Wildman–Crippen MR) is 98.9 cm³/mol. The number of imidazole rings is 1. The number of ether oxygens (including phenoxy) is 1. The lowest BCUT2D eigenvalue weighted by Gasteiger charge is -2.39. The second kappa shape index (κ2) is 8.19. The van der Waals surface area contributed by atoms with Crippen molar-refractivity contribution >= 4 is 5.91 Å². The van der Waals surface area contributed by atoms with E-state index in [1.165, 1.54) is 25.3 Å². The van der Waals surface area contributed by atoms with Crippen molar-refractivity contribution in [3.8, 4) is 5.69 Å². The fourth-order valence-corrected chi connectivity index (χ4v) is 3.68. The number of benzene rings is 1. The molecular weight excluding hydrogens is 347 g/mol. The largest absolute Gasteiger partial charge is 0.378 e. The van der Waals surface area contributed by atoms with Gasteiger partial charge in [0.2, 0.25) is 5.91 Å². The summed E-state index contributed by atoms with van der Waals surface area (Å²) in [4.78, 5) is 18.8. The first-order valence-electron chi connectivity index (χ1n) is 9.57. The third-order valence-corrected chi connectivity index (χ3v) is 5.52. The van der Waals surface area contributed by atoms with Gasteiger partial charge in [-0.25, -0.2) is 9.37 Å². The van der Waals surface area contributed by atoms with Gasteiger partial charge in [0, 0.05) is 32.0 Å². The van der Waals surface area contributed by atoms with E-state index in [9.17, 15) is 9.18 Å². The molecule has 0 bridgehead atoms. The Labute approximate surface area is 158 Å². The second-order valence-corrected chi connectivity index (χ2v) is 7.36. The number of rotatable bonds is 6. The molecular formula is C20H25FN4O2. The van der Waals surface area contributed by atoms with Gasteiger partial charge < -0.3 is 14.6 Å². The molecule has 2 heterocycles. The topological polar surface area (TPSA) is 59.4 Å². The SMILES string of the molecule is O=C(NCc1ccc(-n2ccnc2)c(F)c1)C1COCCN1CC1CCC1. The summed E-state index contributed by atoms with van der Waals surface area (Å²) in [6.45, 7) is 3.16. The number of morpholine rings is 1. The first kappa shape index (κ1) is 18.1. The molecule has 0 radical (unpaired) electrons. The third kappa shape index (κ3) is 4.20. The number of hydrogen-bond acceptors (Lipinski definition) is 4. The number of aromatic nitrogens is 2. The highest BCUT2D eigenvalue weighted by molar-refractivity contribution is 5.82. The molecule has 1 aromatic carbocycles. The van der Waals surface area contributed by atoms with Crippen molar-refractivity contribution in [2.24, 2.45) is 5.92 Å². The van der Waals surface area contributed by atoms with Gasteiger partial charge in [-0.2, -0.15) is 0 Å². The van der Waals surface area contributed by atoms with Crippen molar-refractivity contribution in [1.82, 2.24) is 19.8 Å². The summed E-state index contributed by atoms with van der Waals surface area (Å²) < 4.78 is 21.5. The molecule has 4 rings (SSSR count). The lowest BCUT2D eigenvalue weighted by Crippen LogP contribution is -2.55. The van der Waals surface area contributed by atoms with Crippen molar-refractivity contribution in [2.45, 2.75) is 31.8 Å². The van der Waals surface area contributed by atoms with E-state index in [4.69, 9.17) is 4.74 Å². The maximum atomic E-state index is 14.4. The van der Waals surface area contributed by atoms with Gasteiger partial charge in [0.25, 0.3) is 0 Å². The number of carbonyl (C=O) groups excluding carboxylic acids is 1. The number of hydrogen-bond donors (Lipinski definition) is 1. The molecule has 2 fully saturated rings. The van der Waals surface area contributed by atoms with Crippen LogP contribution in [-0.2, 0) is 16.1 Å². The summed E-state index contributed by atoms with van der Waals surface area (Å²) in [5, 5.41) is 2.94. The van der Waals surface area contributed by atoms with Crippen molar-refractivity contribution in [3.05, 3.63) is 48.3 Å². The van der Waals surface area contributed by atoms with Crippen LogP contribution in [0, 0.1) is 11.7 Å². The van der Waals surface area contributed by atoms with Crippen LogP contribution in [0.4, 0.5) is 4.39 Å². The Morgan fingerprint density at radius 3 is 2.96 bits per heavy atom. The number of amides is 1. The molecule has 1 saturated heterocycles. The Morgan fingerprint density at radius 2 is 2.26 bits per heavy atom. The van der Waals surface area contributed by atoms with E-state index in [-0.39, 0.29) is 17.8 Å². The summed E-state index contributed by atoms with van der Waals surface area (Å²) in [5.41, 5.74) is 1.17. The highest BCUT2D eigenvalue weighted by atomic mass is 19.1. The quantitative estimate of drug-likeness (QED) is 0.844. The van der Waals surface area contributed by atoms with E-state index in [2.05, 4.69) is 15.2 Å². The Morgan fingerprint density at radius 1 is 1.37 bits per heavy atom. The van der Waals surface area contributed by atoms with Crippen molar-refractivity contribution in [3.63, 3.8) is 0 Å². The van der Waals surface area contributed by atoms with Gasteiger partial charge in [-0.05, 0) is 36.5 Å². The minimum Gasteiger partial charge on any atom is -0.378 e. The Bertz CT molecular complexity index is 776. The van der Waals surface area contributed by atoms with Crippen molar-refractivity contribution in [2.75, 3.05) is 26.3 Å². The number of nitrogens with zero attached hydrogens (tertiary/aromatic N) is 3. The molecule has 1 aliphatic heterocycles. The van der Waals surface area contributed by atoms with E-state index < -0.39 is 0 Å². The van der Waals surface area contributed by atoms with Crippen LogP contribution >= 0.6 is 0 Å². The van der Waals surface area contributed by atoms with Crippen LogP contribution in [0.25, 0.3) is 5.69 Å². The van der Waals surface area contributed by atoms with Gasteiger partial charge in [-0.3, -0.25) is 9.69 Å². The van der Waals surface area contributed by atoms with Gasteiger partial charge in [0.05, 0.1) is 25.2 Å². The van der Waals surface area contributed by atoms with Crippen LogP contribution in [0.2, 0.25) is 0 Å². The molecule has 1 amide bonds. The van der Waals surface area contributed by atoms with Crippen molar-refractivity contribution < 1.29 is 13.9 Å². The summed E-state index contributed by atoms with van der Waals surface area (Å²) in [7, 11) is 0. The molecule has 144 valence electrons. The first-order valence-corrected chi connectivity index (χ1v) is 9.57. The zero-order chi connectivity index (χ0) is 18.6. The molecule has 1 unspecified atom stereocenters. The summed E-state index contributed by atoms with van der Waals surface area (Å²) >= 11 is 0. The number of halogens is 1. The molecule has 1 aliphatic carbocycles. The molecule has 1 atom stereocenters. The van der Waals surface area contributed by atoms with Crippen LogP contribution in [-0.4, -0.2) is 52.7 Å². The van der Waals surface area contributed by atoms with Crippen molar-refractivity contribution in [1.29, 1.82) is 0 Å². The van der Waals surface area contributed by atoms with Gasteiger partial charge >= 0.3 is 0 Å². The van der Waals surface area contributed by atoms with Gasteiger partial charge in [0.15, 0.2) is 0 Å². The molecule has 0 spiro atoms. The molecule has 1 saturated carbocycles. The zero-order valence-corrected chi connectivity index (χ0v) is 15.3. The zero-order valence-electron chi connectivity index (χ0n) is 15.3. The van der Waals surface area contributed by atoms with Gasteiger partial charge in [-0.1, -0.05) is 12.5 Å². The van der Waals surface area contributed by atoms with Crippen LogP contribution in [0.1, 0.15) is 24.8 Å². The Hall–Kier alpha value is -2.25. The summed E-state index contributed by atoms with van der Waals surface area (Å²) in [6, 6.07) is 4.72. The van der Waals surface area contributed by atoms with Gasteiger partial charge in [-0.15, -0.1) is 0 Å². The van der Waals surface area contributed by atoms with E-state index in [0.29, 0.717) is 31.4 Å². The van der Waals surface area contributed by atoms with Crippen LogP contribution in [0.3, 0.4) is 0 Å². The lowest BCUT2D eigenvalue weighted by atomic mass is 9.84. The van der Waals surface area contributed by atoms with E-state index in [1.54, 1.807) is 29.4 Å². The smallest absolute Gasteiger partial charge is 0.240 e. The molecule has 1 aromatic heterocycles. The molecule has 7 heteroatoms. The second-order valence-electron chi connectivity index (χ2n) is 7.36. The van der Waals surface area contributed by atoms with Crippen LogP contribution < -0.4 is 5.32 Å². The normalized spacial score (nSPS) is 21.0. The summed E-state index contributed by atoms with van der Waals surface area (Å²) in [6.07, 6.45) is 8.67. The Kier molecular flexibility index (Phi) is 5.50.